The van der Waals surface area contributed by atoms with Gasteiger partial charge >= 0.3 is 11.7 Å². The van der Waals surface area contributed by atoms with Crippen LogP contribution < -0.4 is 9.47 Å². The maximum absolute atomic E-state index is 13.1. The van der Waals surface area contributed by atoms with Crippen LogP contribution in [0.1, 0.15) is 0 Å². The Kier molecular flexibility index (Phi) is 5.36. The molecule has 0 saturated heterocycles. The van der Waals surface area contributed by atoms with E-state index in [1.54, 1.807) is 0 Å². The lowest BCUT2D eigenvalue weighted by molar-refractivity contribution is -0.385. The second-order valence-electron chi connectivity index (χ2n) is 4.21. The summed E-state index contributed by atoms with van der Waals surface area (Å²) in [5, 5.41) is 11.4. The Morgan fingerprint density at radius 1 is 1.17 bits per heavy atom. The van der Waals surface area contributed by atoms with Gasteiger partial charge in [0.15, 0.2) is 6.61 Å². The Balaban J connectivity index is 2.07. The SMILES string of the molecule is O=C(COc1cc(Cl)ccc1Cl)Oc1cc(F)ccc1[N+](=O)[O-]. The molecule has 0 amide bonds. The Morgan fingerprint density at radius 3 is 2.61 bits per heavy atom. The van der Waals surface area contributed by atoms with Crippen molar-refractivity contribution in [1.29, 1.82) is 0 Å². The van der Waals surface area contributed by atoms with Gasteiger partial charge in [0.25, 0.3) is 0 Å². The molecule has 0 saturated carbocycles. The van der Waals surface area contributed by atoms with Gasteiger partial charge in [0, 0.05) is 23.2 Å². The second-order valence-corrected chi connectivity index (χ2v) is 5.05. The third-order valence-corrected chi connectivity index (χ3v) is 3.13. The minimum absolute atomic E-state index is 0.143. The normalized spacial score (nSPS) is 10.2. The molecule has 0 aliphatic carbocycles. The maximum Gasteiger partial charge on any atom is 0.349 e. The molecule has 9 heteroatoms. The number of carbonyl (C=O) groups excluding carboxylic acids is 1. The summed E-state index contributed by atoms with van der Waals surface area (Å²) < 4.78 is 23.0. The van der Waals surface area contributed by atoms with Crippen LogP contribution in [0, 0.1) is 15.9 Å². The molecule has 0 heterocycles. The molecule has 0 atom stereocenters. The number of rotatable bonds is 5. The van der Waals surface area contributed by atoms with Crippen LogP contribution in [0.15, 0.2) is 36.4 Å². The smallest absolute Gasteiger partial charge is 0.349 e. The van der Waals surface area contributed by atoms with Gasteiger partial charge in [-0.1, -0.05) is 23.2 Å². The first-order valence-electron chi connectivity index (χ1n) is 6.09. The zero-order chi connectivity index (χ0) is 17.0. The highest BCUT2D eigenvalue weighted by atomic mass is 35.5. The summed E-state index contributed by atoms with van der Waals surface area (Å²) in [6.07, 6.45) is 0. The summed E-state index contributed by atoms with van der Waals surface area (Å²) in [6.45, 7) is -0.590. The van der Waals surface area contributed by atoms with E-state index < -0.39 is 34.8 Å². The van der Waals surface area contributed by atoms with E-state index in [1.807, 2.05) is 0 Å². The van der Waals surface area contributed by atoms with Crippen LogP contribution in [0.4, 0.5) is 10.1 Å². The van der Waals surface area contributed by atoms with E-state index in [4.69, 9.17) is 32.7 Å². The van der Waals surface area contributed by atoms with E-state index in [0.29, 0.717) is 5.02 Å². The minimum Gasteiger partial charge on any atom is -0.480 e. The monoisotopic (exact) mass is 359 g/mol. The van der Waals surface area contributed by atoms with Gasteiger partial charge in [-0.15, -0.1) is 0 Å². The van der Waals surface area contributed by atoms with E-state index in [9.17, 15) is 19.3 Å². The predicted octanol–water partition coefficient (Wildman–Crippen LogP) is 4.03. The summed E-state index contributed by atoms with van der Waals surface area (Å²) in [5.74, 6) is -2.11. The standard InChI is InChI=1S/C14H8Cl2FNO5/c15-8-1-3-10(16)12(5-8)22-7-14(19)23-13-6-9(17)2-4-11(13)18(20)21/h1-6H,7H2. The Morgan fingerprint density at radius 2 is 1.91 bits per heavy atom. The lowest BCUT2D eigenvalue weighted by Crippen LogP contribution is -2.18. The molecule has 2 aromatic carbocycles. The average Bonchev–Trinajstić information content (AvgIpc) is 2.48. The number of halogens is 3. The van der Waals surface area contributed by atoms with Crippen LogP contribution in [0.5, 0.6) is 11.5 Å². The van der Waals surface area contributed by atoms with Crippen molar-refractivity contribution < 1.29 is 23.6 Å². The molecule has 0 aliphatic rings. The fraction of sp³-hybridized carbons (Fsp3) is 0.0714. The first-order chi connectivity index (χ1) is 10.9. The Hall–Kier alpha value is -2.38. The molecule has 2 aromatic rings. The van der Waals surface area contributed by atoms with Gasteiger partial charge < -0.3 is 9.47 Å². The summed E-state index contributed by atoms with van der Waals surface area (Å²) >= 11 is 11.6. The number of esters is 1. The van der Waals surface area contributed by atoms with Crippen molar-refractivity contribution in [3.63, 3.8) is 0 Å². The van der Waals surface area contributed by atoms with Crippen molar-refractivity contribution in [2.45, 2.75) is 0 Å². The number of ether oxygens (including phenoxy) is 2. The third-order valence-electron chi connectivity index (χ3n) is 2.58. The molecule has 0 aliphatic heterocycles. The summed E-state index contributed by atoms with van der Waals surface area (Å²) in [6, 6.07) is 6.92. The second kappa shape index (κ2) is 7.26. The molecular formula is C14H8Cl2FNO5. The van der Waals surface area contributed by atoms with Crippen LogP contribution in [0.3, 0.4) is 0 Å². The highest BCUT2D eigenvalue weighted by molar-refractivity contribution is 6.34. The molecule has 0 unspecified atom stereocenters. The summed E-state index contributed by atoms with van der Waals surface area (Å²) in [7, 11) is 0. The van der Waals surface area contributed by atoms with Crippen molar-refractivity contribution in [2.75, 3.05) is 6.61 Å². The van der Waals surface area contributed by atoms with Crippen LogP contribution in [-0.2, 0) is 4.79 Å². The molecular weight excluding hydrogens is 352 g/mol. The number of hydrogen-bond acceptors (Lipinski definition) is 5. The van der Waals surface area contributed by atoms with E-state index in [-0.39, 0.29) is 10.8 Å². The highest BCUT2D eigenvalue weighted by Gasteiger charge is 2.19. The Labute approximate surface area is 139 Å². The summed E-state index contributed by atoms with van der Waals surface area (Å²) in [5.41, 5.74) is -0.541. The van der Waals surface area contributed by atoms with Crippen LogP contribution in [0.2, 0.25) is 10.0 Å². The fourth-order valence-electron chi connectivity index (χ4n) is 1.60. The quantitative estimate of drug-likeness (QED) is 0.348. The van der Waals surface area contributed by atoms with Crippen LogP contribution in [0.25, 0.3) is 0 Å². The molecule has 120 valence electrons. The summed E-state index contributed by atoms with van der Waals surface area (Å²) in [4.78, 5) is 21.7. The zero-order valence-corrected chi connectivity index (χ0v) is 12.8. The number of carbonyl (C=O) groups is 1. The molecule has 2 rings (SSSR count). The first-order valence-corrected chi connectivity index (χ1v) is 6.85. The van der Waals surface area contributed by atoms with Gasteiger partial charge in [0.05, 0.1) is 9.95 Å². The van der Waals surface area contributed by atoms with Gasteiger partial charge in [-0.3, -0.25) is 10.1 Å². The predicted molar refractivity (Wildman–Crippen MR) is 80.6 cm³/mol. The van der Waals surface area contributed by atoms with E-state index >= 15 is 0 Å². The highest BCUT2D eigenvalue weighted by Crippen LogP contribution is 2.29. The van der Waals surface area contributed by atoms with Gasteiger partial charge in [0.1, 0.15) is 11.6 Å². The number of nitro groups is 1. The van der Waals surface area contributed by atoms with Crippen molar-refractivity contribution in [3.8, 4) is 11.5 Å². The van der Waals surface area contributed by atoms with Crippen LogP contribution in [-0.4, -0.2) is 17.5 Å². The lowest BCUT2D eigenvalue weighted by atomic mass is 10.3. The lowest BCUT2D eigenvalue weighted by Gasteiger charge is -2.08. The van der Waals surface area contributed by atoms with Gasteiger partial charge in [-0.25, -0.2) is 9.18 Å². The third kappa shape index (κ3) is 4.54. The average molecular weight is 360 g/mol. The molecule has 0 spiro atoms. The zero-order valence-electron chi connectivity index (χ0n) is 11.3. The van der Waals surface area contributed by atoms with Crippen LogP contribution >= 0.6 is 23.2 Å². The molecule has 23 heavy (non-hydrogen) atoms. The number of benzene rings is 2. The van der Waals surface area contributed by atoms with Crippen molar-refractivity contribution in [2.24, 2.45) is 0 Å². The fourth-order valence-corrected chi connectivity index (χ4v) is 1.93. The minimum atomic E-state index is -0.963. The number of nitrogens with zero attached hydrogens (tertiary/aromatic N) is 1. The Bertz CT molecular complexity index is 769. The molecule has 0 fully saturated rings. The number of nitro benzene ring substituents is 1. The van der Waals surface area contributed by atoms with E-state index in [0.717, 1.165) is 18.2 Å². The van der Waals surface area contributed by atoms with Crippen molar-refractivity contribution in [3.05, 3.63) is 62.4 Å². The van der Waals surface area contributed by atoms with Gasteiger partial charge in [-0.2, -0.15) is 0 Å². The molecule has 0 N–H and O–H groups in total. The molecule has 0 radical (unpaired) electrons. The number of hydrogen-bond donors (Lipinski definition) is 0. The largest absolute Gasteiger partial charge is 0.480 e. The van der Waals surface area contributed by atoms with Crippen molar-refractivity contribution >= 4 is 34.9 Å². The topological polar surface area (TPSA) is 78.7 Å². The molecule has 0 bridgehead atoms. The van der Waals surface area contributed by atoms with Crippen molar-refractivity contribution in [1.82, 2.24) is 0 Å². The van der Waals surface area contributed by atoms with Gasteiger partial charge in [0.2, 0.25) is 5.75 Å². The molecule has 0 aromatic heterocycles. The molecule has 6 nitrogen and oxygen atoms in total. The van der Waals surface area contributed by atoms with Gasteiger partial charge in [-0.05, 0) is 18.2 Å². The van der Waals surface area contributed by atoms with E-state index in [1.165, 1.54) is 18.2 Å². The maximum atomic E-state index is 13.1. The first kappa shape index (κ1) is 17.0. The van der Waals surface area contributed by atoms with E-state index in [2.05, 4.69) is 0 Å².